The topological polar surface area (TPSA) is 30.0 Å². The van der Waals surface area contributed by atoms with Gasteiger partial charge in [0.15, 0.2) is 0 Å². The molecule has 0 spiro atoms. The van der Waals surface area contributed by atoms with Gasteiger partial charge >= 0.3 is 0 Å². The minimum absolute atomic E-state index is 0.353. The van der Waals surface area contributed by atoms with Crippen molar-refractivity contribution in [1.82, 2.24) is 4.98 Å². The Morgan fingerprint density at radius 1 is 1.27 bits per heavy atom. The molecule has 0 radical (unpaired) electrons. The van der Waals surface area contributed by atoms with Gasteiger partial charge in [0.2, 0.25) is 0 Å². The average Bonchev–Trinajstić information content (AvgIpc) is 2.31. The SMILES string of the molecule is O=Cc1ccc(F)c(-c2cccnc2)c1. The van der Waals surface area contributed by atoms with Crippen LogP contribution in [-0.2, 0) is 0 Å². The molecule has 0 bridgehead atoms. The van der Waals surface area contributed by atoms with Crippen LogP contribution in [0, 0.1) is 5.82 Å². The first-order chi connectivity index (χ1) is 7.31. The number of pyridine rings is 1. The monoisotopic (exact) mass is 201 g/mol. The third kappa shape index (κ3) is 1.91. The second-order valence-electron chi connectivity index (χ2n) is 3.10. The third-order valence-electron chi connectivity index (χ3n) is 2.10. The molecule has 0 unspecified atom stereocenters. The van der Waals surface area contributed by atoms with Gasteiger partial charge in [-0.25, -0.2) is 4.39 Å². The molecular weight excluding hydrogens is 193 g/mol. The molecule has 1 heterocycles. The van der Waals surface area contributed by atoms with Crippen molar-refractivity contribution in [3.63, 3.8) is 0 Å². The zero-order valence-corrected chi connectivity index (χ0v) is 7.85. The van der Waals surface area contributed by atoms with Gasteiger partial charge in [0, 0.05) is 29.1 Å². The molecule has 0 amide bonds. The lowest BCUT2D eigenvalue weighted by Crippen LogP contribution is -1.88. The van der Waals surface area contributed by atoms with Crippen LogP contribution in [-0.4, -0.2) is 11.3 Å². The molecule has 0 N–H and O–H groups in total. The summed E-state index contributed by atoms with van der Waals surface area (Å²) in [6.45, 7) is 0. The summed E-state index contributed by atoms with van der Waals surface area (Å²) in [4.78, 5) is 14.5. The largest absolute Gasteiger partial charge is 0.298 e. The summed E-state index contributed by atoms with van der Waals surface area (Å²) in [5.41, 5.74) is 1.52. The number of carbonyl (C=O) groups excluding carboxylic acids is 1. The second kappa shape index (κ2) is 4.00. The Morgan fingerprint density at radius 2 is 2.13 bits per heavy atom. The molecule has 0 aliphatic heterocycles. The molecule has 1 aromatic heterocycles. The maximum absolute atomic E-state index is 13.4. The summed E-state index contributed by atoms with van der Waals surface area (Å²) >= 11 is 0. The number of hydrogen-bond acceptors (Lipinski definition) is 2. The van der Waals surface area contributed by atoms with Gasteiger partial charge in [-0.15, -0.1) is 0 Å². The van der Waals surface area contributed by atoms with Crippen LogP contribution in [0.1, 0.15) is 10.4 Å². The molecule has 15 heavy (non-hydrogen) atoms. The van der Waals surface area contributed by atoms with Crippen LogP contribution in [0.15, 0.2) is 42.7 Å². The van der Waals surface area contributed by atoms with Gasteiger partial charge in [0.25, 0.3) is 0 Å². The van der Waals surface area contributed by atoms with E-state index in [1.54, 1.807) is 24.5 Å². The van der Waals surface area contributed by atoms with E-state index in [9.17, 15) is 9.18 Å². The lowest BCUT2D eigenvalue weighted by Gasteiger charge is -2.03. The normalized spacial score (nSPS) is 9.93. The van der Waals surface area contributed by atoms with Crippen molar-refractivity contribution >= 4 is 6.29 Å². The van der Waals surface area contributed by atoms with Crippen LogP contribution in [0.2, 0.25) is 0 Å². The van der Waals surface area contributed by atoms with E-state index in [-0.39, 0.29) is 5.82 Å². The molecule has 2 nitrogen and oxygen atoms in total. The smallest absolute Gasteiger partial charge is 0.150 e. The first kappa shape index (κ1) is 9.52. The highest BCUT2D eigenvalue weighted by Crippen LogP contribution is 2.22. The zero-order valence-electron chi connectivity index (χ0n) is 7.85. The van der Waals surface area contributed by atoms with Gasteiger partial charge in [0.05, 0.1) is 0 Å². The number of aromatic nitrogens is 1. The number of halogens is 1. The van der Waals surface area contributed by atoms with E-state index in [2.05, 4.69) is 4.98 Å². The molecule has 1 aromatic carbocycles. The highest BCUT2D eigenvalue weighted by molar-refractivity contribution is 5.78. The van der Waals surface area contributed by atoms with Crippen LogP contribution in [0.25, 0.3) is 11.1 Å². The van der Waals surface area contributed by atoms with E-state index in [4.69, 9.17) is 0 Å². The fraction of sp³-hybridized carbons (Fsp3) is 0. The lowest BCUT2D eigenvalue weighted by molar-refractivity contribution is 0.112. The number of nitrogens with zero attached hydrogens (tertiary/aromatic N) is 1. The Hall–Kier alpha value is -2.03. The Bertz CT molecular complexity index is 482. The number of hydrogen-bond donors (Lipinski definition) is 0. The molecule has 3 heteroatoms. The Labute approximate surface area is 86.4 Å². The molecular formula is C12H8FNO. The van der Waals surface area contributed by atoms with Crippen molar-refractivity contribution in [2.75, 3.05) is 0 Å². The molecule has 2 rings (SSSR count). The molecule has 0 fully saturated rings. The third-order valence-corrected chi connectivity index (χ3v) is 2.10. The average molecular weight is 201 g/mol. The fourth-order valence-electron chi connectivity index (χ4n) is 1.36. The van der Waals surface area contributed by atoms with Crippen molar-refractivity contribution in [1.29, 1.82) is 0 Å². The van der Waals surface area contributed by atoms with Crippen molar-refractivity contribution < 1.29 is 9.18 Å². The van der Waals surface area contributed by atoms with Crippen molar-refractivity contribution in [3.05, 3.63) is 54.1 Å². The maximum atomic E-state index is 13.4. The second-order valence-corrected chi connectivity index (χ2v) is 3.10. The summed E-state index contributed by atoms with van der Waals surface area (Å²) < 4.78 is 13.4. The van der Waals surface area contributed by atoms with Gasteiger partial charge in [0.1, 0.15) is 12.1 Å². The first-order valence-electron chi connectivity index (χ1n) is 4.46. The van der Waals surface area contributed by atoms with E-state index in [0.717, 1.165) is 0 Å². The quantitative estimate of drug-likeness (QED) is 0.699. The van der Waals surface area contributed by atoms with Crippen LogP contribution < -0.4 is 0 Å². The van der Waals surface area contributed by atoms with Crippen LogP contribution >= 0.6 is 0 Å². The molecule has 0 aliphatic rings. The number of aldehydes is 1. The van der Waals surface area contributed by atoms with E-state index < -0.39 is 0 Å². The molecule has 0 saturated carbocycles. The van der Waals surface area contributed by atoms with Gasteiger partial charge in [-0.05, 0) is 24.3 Å². The number of benzene rings is 1. The minimum Gasteiger partial charge on any atom is -0.298 e. The van der Waals surface area contributed by atoms with Crippen LogP contribution in [0.4, 0.5) is 4.39 Å². The Balaban J connectivity index is 2.57. The summed E-state index contributed by atoms with van der Waals surface area (Å²) in [5, 5.41) is 0. The van der Waals surface area contributed by atoms with Gasteiger partial charge in [-0.2, -0.15) is 0 Å². The van der Waals surface area contributed by atoms with E-state index in [1.807, 2.05) is 0 Å². The minimum atomic E-state index is -0.353. The highest BCUT2D eigenvalue weighted by Gasteiger charge is 2.05. The van der Waals surface area contributed by atoms with Crippen LogP contribution in [0.5, 0.6) is 0 Å². The Kier molecular flexibility index (Phi) is 2.54. The number of carbonyl (C=O) groups is 1. The summed E-state index contributed by atoms with van der Waals surface area (Å²) in [6, 6.07) is 7.72. The molecule has 0 atom stereocenters. The fourth-order valence-corrected chi connectivity index (χ4v) is 1.36. The number of rotatable bonds is 2. The molecule has 0 saturated heterocycles. The summed E-state index contributed by atoms with van der Waals surface area (Å²) in [7, 11) is 0. The summed E-state index contributed by atoms with van der Waals surface area (Å²) in [6.07, 6.45) is 3.87. The lowest BCUT2D eigenvalue weighted by atomic mass is 10.0. The van der Waals surface area contributed by atoms with Gasteiger partial charge in [-0.1, -0.05) is 6.07 Å². The molecule has 0 aliphatic carbocycles. The van der Waals surface area contributed by atoms with E-state index in [1.165, 1.54) is 18.2 Å². The van der Waals surface area contributed by atoms with Crippen LogP contribution in [0.3, 0.4) is 0 Å². The van der Waals surface area contributed by atoms with Gasteiger partial charge in [-0.3, -0.25) is 9.78 Å². The first-order valence-corrected chi connectivity index (χ1v) is 4.46. The standard InChI is InChI=1S/C12H8FNO/c13-12-4-3-9(8-15)6-11(12)10-2-1-5-14-7-10/h1-8H. The predicted octanol–water partition coefficient (Wildman–Crippen LogP) is 2.70. The van der Waals surface area contributed by atoms with E-state index >= 15 is 0 Å². The van der Waals surface area contributed by atoms with Crippen molar-refractivity contribution in [3.8, 4) is 11.1 Å². The Morgan fingerprint density at radius 3 is 2.80 bits per heavy atom. The van der Waals surface area contributed by atoms with Crippen molar-refractivity contribution in [2.45, 2.75) is 0 Å². The van der Waals surface area contributed by atoms with Crippen molar-refractivity contribution in [2.24, 2.45) is 0 Å². The summed E-state index contributed by atoms with van der Waals surface area (Å²) in [5.74, 6) is -0.353. The molecule has 2 aromatic rings. The molecule has 74 valence electrons. The predicted molar refractivity (Wildman–Crippen MR) is 55.0 cm³/mol. The zero-order chi connectivity index (χ0) is 10.7. The van der Waals surface area contributed by atoms with E-state index in [0.29, 0.717) is 23.0 Å². The maximum Gasteiger partial charge on any atom is 0.150 e. The highest BCUT2D eigenvalue weighted by atomic mass is 19.1. The van der Waals surface area contributed by atoms with Gasteiger partial charge < -0.3 is 0 Å².